The molecule has 0 rings (SSSR count). The van der Waals surface area contributed by atoms with Gasteiger partial charge in [-0.1, -0.05) is 37.3 Å². The Morgan fingerprint density at radius 3 is 2.42 bits per heavy atom. The Morgan fingerprint density at radius 1 is 1.05 bits per heavy atom. The maximum atomic E-state index is 9.51. The first-order valence-corrected chi connectivity index (χ1v) is 6.85. The molecule has 0 spiro atoms. The summed E-state index contributed by atoms with van der Waals surface area (Å²) in [6, 6.07) is 0. The molecule has 2 heteroatoms. The number of aliphatic hydroxyl groups is 2. The van der Waals surface area contributed by atoms with Gasteiger partial charge in [0, 0.05) is 0 Å². The van der Waals surface area contributed by atoms with Gasteiger partial charge < -0.3 is 10.2 Å². The van der Waals surface area contributed by atoms with E-state index in [4.69, 9.17) is 5.11 Å². The molecule has 0 aromatic carbocycles. The number of hydrogen-bond acceptors (Lipinski definition) is 2. The van der Waals surface area contributed by atoms with E-state index in [0.717, 1.165) is 19.3 Å². The largest absolute Gasteiger partial charge is 0.380 e. The fourth-order valence-electron chi connectivity index (χ4n) is 1.33. The zero-order valence-electron chi connectivity index (χ0n) is 11.7. The van der Waals surface area contributed by atoms with E-state index >= 15 is 0 Å². The van der Waals surface area contributed by atoms with Crippen LogP contribution < -0.4 is 0 Å². The highest BCUT2D eigenvalue weighted by Crippen LogP contribution is 2.04. The zero-order chi connectivity index (χ0) is 14.3. The molecule has 0 amide bonds. The average Bonchev–Trinajstić information content (AvgIpc) is 2.42. The van der Waals surface area contributed by atoms with Gasteiger partial charge in [0.25, 0.3) is 0 Å². The maximum absolute atomic E-state index is 9.51. The second-order valence-corrected chi connectivity index (χ2v) is 4.26. The molecule has 104 valence electrons. The van der Waals surface area contributed by atoms with E-state index in [0.29, 0.717) is 6.42 Å². The standard InChI is InChI=1S/C17H24O2/c1-3-5-6-7-8-9-10-14-17(19)15-12-11-13-16(18)4-2/h3,10,14,16-19H,1,4-9H2,2H3/b14-10+/t16-,17-/m1/s1. The monoisotopic (exact) mass is 260 g/mol. The fraction of sp³-hybridized carbons (Fsp3) is 0.529. The first-order valence-electron chi connectivity index (χ1n) is 6.85. The Balaban J connectivity index is 3.78. The highest BCUT2D eigenvalue weighted by Gasteiger charge is 1.91. The van der Waals surface area contributed by atoms with Gasteiger partial charge in [-0.15, -0.1) is 6.58 Å². The van der Waals surface area contributed by atoms with Crippen LogP contribution in [0.4, 0.5) is 0 Å². The topological polar surface area (TPSA) is 40.5 Å². The molecule has 0 aliphatic heterocycles. The molecule has 0 unspecified atom stereocenters. The molecule has 0 fully saturated rings. The summed E-state index contributed by atoms with van der Waals surface area (Å²) in [6.07, 6.45) is 10.2. The Labute approximate surface area is 117 Å². The van der Waals surface area contributed by atoms with Gasteiger partial charge in [0.1, 0.15) is 12.2 Å². The van der Waals surface area contributed by atoms with Crippen molar-refractivity contribution in [2.75, 3.05) is 0 Å². The molecule has 0 aliphatic rings. The summed E-state index contributed by atoms with van der Waals surface area (Å²) < 4.78 is 0. The van der Waals surface area contributed by atoms with Gasteiger partial charge in [0.2, 0.25) is 0 Å². The normalized spacial score (nSPS) is 13.0. The molecule has 2 atom stereocenters. The van der Waals surface area contributed by atoms with Crippen molar-refractivity contribution in [1.82, 2.24) is 0 Å². The van der Waals surface area contributed by atoms with Crippen LogP contribution in [0.2, 0.25) is 0 Å². The lowest BCUT2D eigenvalue weighted by atomic mass is 10.1. The number of unbranched alkanes of at least 4 members (excludes halogenated alkanes) is 4. The SMILES string of the molecule is C=CCCCCC/C=C/[C@@H](O)C#CC#C[C@H](O)CC. The molecular formula is C17H24O2. The van der Waals surface area contributed by atoms with Gasteiger partial charge in [-0.05, 0) is 50.0 Å². The first-order chi connectivity index (χ1) is 9.20. The van der Waals surface area contributed by atoms with Crippen molar-refractivity contribution >= 4 is 0 Å². The van der Waals surface area contributed by atoms with E-state index in [1.165, 1.54) is 12.8 Å². The van der Waals surface area contributed by atoms with Gasteiger partial charge in [-0.2, -0.15) is 0 Å². The predicted octanol–water partition coefficient (Wildman–Crippen LogP) is 2.82. The van der Waals surface area contributed by atoms with E-state index in [-0.39, 0.29) is 0 Å². The molecule has 0 aliphatic carbocycles. The summed E-state index contributed by atoms with van der Waals surface area (Å²) in [6.45, 7) is 5.53. The number of aliphatic hydroxyl groups excluding tert-OH is 2. The molecule has 2 nitrogen and oxygen atoms in total. The van der Waals surface area contributed by atoms with Crippen LogP contribution in [0.3, 0.4) is 0 Å². The molecule has 0 bridgehead atoms. The highest BCUT2D eigenvalue weighted by atomic mass is 16.3. The Morgan fingerprint density at radius 2 is 1.74 bits per heavy atom. The van der Waals surface area contributed by atoms with Crippen molar-refractivity contribution in [1.29, 1.82) is 0 Å². The third kappa shape index (κ3) is 12.8. The van der Waals surface area contributed by atoms with Crippen molar-refractivity contribution < 1.29 is 10.2 Å². The minimum Gasteiger partial charge on any atom is -0.380 e. The molecule has 0 aromatic rings. The third-order valence-corrected chi connectivity index (χ3v) is 2.51. The summed E-state index contributed by atoms with van der Waals surface area (Å²) in [5.74, 6) is 10.2. The van der Waals surface area contributed by atoms with Crippen LogP contribution in [0, 0.1) is 23.7 Å². The van der Waals surface area contributed by atoms with Crippen molar-refractivity contribution in [2.45, 2.75) is 57.7 Å². The lowest BCUT2D eigenvalue weighted by Crippen LogP contribution is -1.99. The Hall–Kier alpha value is -1.48. The van der Waals surface area contributed by atoms with E-state index in [2.05, 4.69) is 30.3 Å². The van der Waals surface area contributed by atoms with Gasteiger partial charge >= 0.3 is 0 Å². The van der Waals surface area contributed by atoms with Crippen LogP contribution in [-0.4, -0.2) is 22.4 Å². The minimum absolute atomic E-state index is 0.586. The van der Waals surface area contributed by atoms with Crippen molar-refractivity contribution in [3.63, 3.8) is 0 Å². The zero-order valence-corrected chi connectivity index (χ0v) is 11.7. The molecular weight excluding hydrogens is 236 g/mol. The maximum Gasteiger partial charge on any atom is 0.134 e. The summed E-state index contributed by atoms with van der Waals surface area (Å²) in [7, 11) is 0. The van der Waals surface area contributed by atoms with E-state index < -0.39 is 12.2 Å². The van der Waals surface area contributed by atoms with Crippen molar-refractivity contribution in [2.24, 2.45) is 0 Å². The van der Waals surface area contributed by atoms with E-state index in [1.54, 1.807) is 6.08 Å². The summed E-state index contributed by atoms with van der Waals surface area (Å²) in [5, 5.41) is 18.7. The van der Waals surface area contributed by atoms with Gasteiger partial charge in [0.05, 0.1) is 0 Å². The van der Waals surface area contributed by atoms with Crippen LogP contribution in [0.15, 0.2) is 24.8 Å². The molecule has 0 heterocycles. The molecule has 0 radical (unpaired) electrons. The lowest BCUT2D eigenvalue weighted by Gasteiger charge is -1.96. The van der Waals surface area contributed by atoms with E-state index in [9.17, 15) is 5.11 Å². The quantitative estimate of drug-likeness (QED) is 0.400. The third-order valence-electron chi connectivity index (χ3n) is 2.51. The number of rotatable bonds is 8. The minimum atomic E-state index is -0.777. The molecule has 0 aromatic heterocycles. The average molecular weight is 260 g/mol. The number of allylic oxidation sites excluding steroid dienone is 2. The summed E-state index contributed by atoms with van der Waals surface area (Å²) >= 11 is 0. The number of hydrogen-bond donors (Lipinski definition) is 2. The van der Waals surface area contributed by atoms with Crippen LogP contribution >= 0.6 is 0 Å². The molecule has 0 saturated heterocycles. The van der Waals surface area contributed by atoms with Gasteiger partial charge in [-0.3, -0.25) is 0 Å². The van der Waals surface area contributed by atoms with Crippen LogP contribution in [-0.2, 0) is 0 Å². The van der Waals surface area contributed by atoms with Crippen molar-refractivity contribution in [3.8, 4) is 23.7 Å². The van der Waals surface area contributed by atoms with Crippen LogP contribution in [0.5, 0.6) is 0 Å². The van der Waals surface area contributed by atoms with E-state index in [1.807, 2.05) is 19.1 Å². The predicted molar refractivity (Wildman–Crippen MR) is 80.3 cm³/mol. The molecule has 0 saturated carbocycles. The molecule has 2 N–H and O–H groups in total. The molecule has 19 heavy (non-hydrogen) atoms. The highest BCUT2D eigenvalue weighted by molar-refractivity contribution is 5.29. The smallest absolute Gasteiger partial charge is 0.134 e. The summed E-state index contributed by atoms with van der Waals surface area (Å²) in [4.78, 5) is 0. The Bertz CT molecular complexity index is 374. The lowest BCUT2D eigenvalue weighted by molar-refractivity contribution is 0.228. The second kappa shape index (κ2) is 13.0. The second-order valence-electron chi connectivity index (χ2n) is 4.26. The van der Waals surface area contributed by atoms with Crippen molar-refractivity contribution in [3.05, 3.63) is 24.8 Å². The van der Waals surface area contributed by atoms with Crippen LogP contribution in [0.1, 0.15) is 45.4 Å². The Kier molecular flexibility index (Phi) is 12.0. The van der Waals surface area contributed by atoms with Gasteiger partial charge in [-0.25, -0.2) is 0 Å². The van der Waals surface area contributed by atoms with Crippen LogP contribution in [0.25, 0.3) is 0 Å². The first kappa shape index (κ1) is 17.5. The summed E-state index contributed by atoms with van der Waals surface area (Å²) in [5.41, 5.74) is 0. The van der Waals surface area contributed by atoms with Gasteiger partial charge in [0.15, 0.2) is 0 Å². The fourth-order valence-corrected chi connectivity index (χ4v) is 1.33.